The summed E-state index contributed by atoms with van der Waals surface area (Å²) >= 11 is 1.67. The van der Waals surface area contributed by atoms with Crippen molar-refractivity contribution in [3.05, 3.63) is 16.1 Å². The lowest BCUT2D eigenvalue weighted by Crippen LogP contribution is -2.36. The fraction of sp³-hybridized carbons (Fsp3) is 0.714. The Morgan fingerprint density at radius 3 is 3.11 bits per heavy atom. The summed E-state index contributed by atoms with van der Waals surface area (Å²) in [6.45, 7) is 5.69. The summed E-state index contributed by atoms with van der Waals surface area (Å²) in [5, 5.41) is 11.8. The van der Waals surface area contributed by atoms with Gasteiger partial charge in [0.2, 0.25) is 0 Å². The molecule has 1 aromatic rings. The van der Waals surface area contributed by atoms with E-state index in [1.165, 1.54) is 19.4 Å². The van der Waals surface area contributed by atoms with Crippen molar-refractivity contribution in [2.24, 2.45) is 0 Å². The number of aromatic nitrogens is 1. The van der Waals surface area contributed by atoms with E-state index in [0.717, 1.165) is 17.1 Å². The molecule has 1 unspecified atom stereocenters. The van der Waals surface area contributed by atoms with Gasteiger partial charge in [0.15, 0.2) is 0 Å². The van der Waals surface area contributed by atoms with Crippen molar-refractivity contribution in [2.75, 3.05) is 6.54 Å². The van der Waals surface area contributed by atoms with E-state index in [4.69, 9.17) is 5.11 Å². The number of thiazole rings is 1. The molecule has 1 fully saturated rings. The highest BCUT2D eigenvalue weighted by atomic mass is 32.1. The number of aryl methyl sites for hydroxylation is 1. The molecule has 106 valence electrons. The first-order valence-electron chi connectivity index (χ1n) is 6.97. The first kappa shape index (κ1) is 14.5. The molecular formula is C14H22N2O2S. The number of carbonyl (C=O) groups is 1. The molecule has 4 nitrogen and oxygen atoms in total. The van der Waals surface area contributed by atoms with Crippen molar-refractivity contribution >= 4 is 17.3 Å². The Hall–Kier alpha value is -0.940. The maximum atomic E-state index is 10.5. The smallest absolute Gasteiger partial charge is 0.303 e. The third-order valence-electron chi connectivity index (χ3n) is 3.69. The predicted molar refractivity (Wildman–Crippen MR) is 76.6 cm³/mol. The van der Waals surface area contributed by atoms with Gasteiger partial charge in [-0.15, -0.1) is 11.3 Å². The Kier molecular flexibility index (Phi) is 4.93. The number of likely N-dealkylation sites (tertiary alicyclic amines) is 1. The zero-order valence-corrected chi connectivity index (χ0v) is 12.4. The van der Waals surface area contributed by atoms with E-state index >= 15 is 0 Å². The number of aliphatic carboxylic acids is 1. The Balaban J connectivity index is 1.90. The first-order valence-corrected chi connectivity index (χ1v) is 7.85. The van der Waals surface area contributed by atoms with Gasteiger partial charge in [-0.2, -0.15) is 0 Å². The average Bonchev–Trinajstić information content (AvgIpc) is 2.96. The number of hydrogen-bond donors (Lipinski definition) is 1. The minimum atomic E-state index is -0.753. The Morgan fingerprint density at radius 2 is 2.42 bits per heavy atom. The van der Waals surface area contributed by atoms with Gasteiger partial charge < -0.3 is 5.11 Å². The molecule has 0 spiro atoms. The number of hydrogen-bond acceptors (Lipinski definition) is 4. The molecule has 1 atom stereocenters. The quantitative estimate of drug-likeness (QED) is 0.871. The molecule has 5 heteroatoms. The van der Waals surface area contributed by atoms with Crippen LogP contribution in [0.2, 0.25) is 0 Å². The summed E-state index contributed by atoms with van der Waals surface area (Å²) in [5.74, 6) is -0.753. The summed E-state index contributed by atoms with van der Waals surface area (Å²) in [5.41, 5.74) is 0.927. The lowest BCUT2D eigenvalue weighted by atomic mass is 10.1. The predicted octanol–water partition coefficient (Wildman–Crippen LogP) is 2.58. The van der Waals surface area contributed by atoms with Crippen LogP contribution in [-0.2, 0) is 17.6 Å². The molecule has 0 aromatic carbocycles. The fourth-order valence-corrected chi connectivity index (χ4v) is 3.65. The van der Waals surface area contributed by atoms with Crippen molar-refractivity contribution in [1.29, 1.82) is 0 Å². The van der Waals surface area contributed by atoms with E-state index in [9.17, 15) is 4.79 Å². The van der Waals surface area contributed by atoms with Gasteiger partial charge in [0.1, 0.15) is 0 Å². The van der Waals surface area contributed by atoms with E-state index in [0.29, 0.717) is 18.5 Å². The standard InChI is InChI=1S/C14H22N2O2S/c1-10(2)16-7-3-4-12(16)8-13-15-11(9-19-13)5-6-14(17)18/h9-10,12H,3-8H2,1-2H3,(H,17,18). The maximum absolute atomic E-state index is 10.5. The van der Waals surface area contributed by atoms with E-state index in [2.05, 4.69) is 23.7 Å². The van der Waals surface area contributed by atoms with Crippen LogP contribution in [0.5, 0.6) is 0 Å². The van der Waals surface area contributed by atoms with Gasteiger partial charge in [-0.3, -0.25) is 9.69 Å². The van der Waals surface area contributed by atoms with Crippen molar-refractivity contribution < 1.29 is 9.90 Å². The van der Waals surface area contributed by atoms with Crippen LogP contribution in [0.25, 0.3) is 0 Å². The lowest BCUT2D eigenvalue weighted by Gasteiger charge is -2.27. The molecular weight excluding hydrogens is 260 g/mol. The Bertz CT molecular complexity index is 431. The molecule has 19 heavy (non-hydrogen) atoms. The molecule has 1 aliphatic rings. The second-order valence-electron chi connectivity index (χ2n) is 5.46. The summed E-state index contributed by atoms with van der Waals surface area (Å²) in [7, 11) is 0. The van der Waals surface area contributed by atoms with Gasteiger partial charge in [-0.25, -0.2) is 4.98 Å². The van der Waals surface area contributed by atoms with E-state index < -0.39 is 5.97 Å². The number of rotatable bonds is 6. The maximum Gasteiger partial charge on any atom is 0.303 e. The molecule has 0 radical (unpaired) electrons. The second kappa shape index (κ2) is 6.48. The van der Waals surface area contributed by atoms with Crippen LogP contribution in [0.4, 0.5) is 0 Å². The summed E-state index contributed by atoms with van der Waals surface area (Å²) in [6, 6.07) is 1.21. The van der Waals surface area contributed by atoms with Gasteiger partial charge in [-0.1, -0.05) is 0 Å². The molecule has 1 saturated heterocycles. The van der Waals surface area contributed by atoms with Crippen molar-refractivity contribution in [3.8, 4) is 0 Å². The third-order valence-corrected chi connectivity index (χ3v) is 4.61. The van der Waals surface area contributed by atoms with Gasteiger partial charge in [0, 0.05) is 30.3 Å². The molecule has 1 aliphatic heterocycles. The summed E-state index contributed by atoms with van der Waals surface area (Å²) < 4.78 is 0. The van der Waals surface area contributed by atoms with E-state index in [-0.39, 0.29) is 6.42 Å². The Morgan fingerprint density at radius 1 is 1.63 bits per heavy atom. The molecule has 0 aliphatic carbocycles. The molecule has 2 rings (SSSR count). The number of carboxylic acid groups (broad SMARTS) is 1. The second-order valence-corrected chi connectivity index (χ2v) is 6.40. The van der Waals surface area contributed by atoms with Gasteiger partial charge in [0.05, 0.1) is 17.1 Å². The Labute approximate surface area is 118 Å². The van der Waals surface area contributed by atoms with Crippen LogP contribution in [0, 0.1) is 0 Å². The minimum absolute atomic E-state index is 0.171. The number of carboxylic acids is 1. The van der Waals surface area contributed by atoms with Gasteiger partial charge in [-0.05, 0) is 33.2 Å². The van der Waals surface area contributed by atoms with Crippen molar-refractivity contribution in [2.45, 2.75) is 58.0 Å². The van der Waals surface area contributed by atoms with Crippen LogP contribution >= 0.6 is 11.3 Å². The summed E-state index contributed by atoms with van der Waals surface area (Å²) in [6.07, 6.45) is 4.26. The van der Waals surface area contributed by atoms with Gasteiger partial charge >= 0.3 is 5.97 Å². The van der Waals surface area contributed by atoms with Gasteiger partial charge in [0.25, 0.3) is 0 Å². The van der Waals surface area contributed by atoms with E-state index in [1.54, 1.807) is 11.3 Å². The zero-order chi connectivity index (χ0) is 13.8. The fourth-order valence-electron chi connectivity index (χ4n) is 2.75. The van der Waals surface area contributed by atoms with E-state index in [1.807, 2.05) is 5.38 Å². The average molecular weight is 282 g/mol. The largest absolute Gasteiger partial charge is 0.481 e. The van der Waals surface area contributed by atoms with Crippen LogP contribution in [-0.4, -0.2) is 39.6 Å². The van der Waals surface area contributed by atoms with Crippen LogP contribution in [0.15, 0.2) is 5.38 Å². The summed E-state index contributed by atoms with van der Waals surface area (Å²) in [4.78, 5) is 17.7. The SMILES string of the molecule is CC(C)N1CCCC1Cc1nc(CCC(=O)O)cs1. The molecule has 0 amide bonds. The zero-order valence-electron chi connectivity index (χ0n) is 11.6. The normalized spacial score (nSPS) is 20.3. The van der Waals surface area contributed by atoms with Crippen LogP contribution in [0.3, 0.4) is 0 Å². The molecule has 0 bridgehead atoms. The monoisotopic (exact) mass is 282 g/mol. The highest BCUT2D eigenvalue weighted by Gasteiger charge is 2.27. The minimum Gasteiger partial charge on any atom is -0.481 e. The van der Waals surface area contributed by atoms with Crippen LogP contribution < -0.4 is 0 Å². The highest BCUT2D eigenvalue weighted by molar-refractivity contribution is 7.09. The van der Waals surface area contributed by atoms with Crippen molar-refractivity contribution in [1.82, 2.24) is 9.88 Å². The van der Waals surface area contributed by atoms with Crippen LogP contribution in [0.1, 0.15) is 43.8 Å². The third kappa shape index (κ3) is 4.01. The molecule has 1 aromatic heterocycles. The molecule has 1 N–H and O–H groups in total. The molecule has 2 heterocycles. The topological polar surface area (TPSA) is 53.4 Å². The lowest BCUT2D eigenvalue weighted by molar-refractivity contribution is -0.136. The molecule has 0 saturated carbocycles. The number of nitrogens with zero attached hydrogens (tertiary/aromatic N) is 2. The van der Waals surface area contributed by atoms with Crippen molar-refractivity contribution in [3.63, 3.8) is 0 Å². The highest BCUT2D eigenvalue weighted by Crippen LogP contribution is 2.24. The first-order chi connectivity index (χ1) is 9.06.